The molecule has 2 nitrogen and oxygen atoms in total. The minimum atomic E-state index is 0.584. The minimum Gasteiger partial charge on any atom is -0.382 e. The predicted octanol–water partition coefficient (Wildman–Crippen LogP) is 4.32. The molecule has 1 saturated heterocycles. The molecule has 1 atom stereocenters. The summed E-state index contributed by atoms with van der Waals surface area (Å²) in [6.07, 6.45) is 5.03. The van der Waals surface area contributed by atoms with E-state index in [2.05, 4.69) is 29.3 Å². The van der Waals surface area contributed by atoms with Crippen LogP contribution in [0.4, 0.5) is 5.69 Å². The zero-order valence-corrected chi connectivity index (χ0v) is 12.8. The molecule has 1 aromatic rings. The normalized spacial score (nSPS) is 21.1. The Morgan fingerprint density at radius 3 is 2.89 bits per heavy atom. The van der Waals surface area contributed by atoms with Gasteiger partial charge in [-0.1, -0.05) is 24.6 Å². The van der Waals surface area contributed by atoms with Crippen molar-refractivity contribution in [3.05, 3.63) is 28.8 Å². The van der Waals surface area contributed by atoms with Crippen LogP contribution in [0.25, 0.3) is 0 Å². The lowest BCUT2D eigenvalue weighted by molar-refractivity contribution is 0.285. The van der Waals surface area contributed by atoms with Crippen LogP contribution in [0.2, 0.25) is 5.02 Å². The topological polar surface area (TPSA) is 15.3 Å². The molecular weight excluding hydrogens is 256 g/mol. The third-order valence-electron chi connectivity index (χ3n) is 3.90. The van der Waals surface area contributed by atoms with Gasteiger partial charge in [-0.25, -0.2) is 0 Å². The molecule has 0 aliphatic carbocycles. The zero-order valence-electron chi connectivity index (χ0n) is 12.1. The lowest BCUT2D eigenvalue weighted by Crippen LogP contribution is -2.27. The van der Waals surface area contributed by atoms with Crippen molar-refractivity contribution in [2.45, 2.75) is 45.6 Å². The number of rotatable bonds is 4. The zero-order chi connectivity index (χ0) is 13.7. The first-order valence-corrected chi connectivity index (χ1v) is 7.82. The fraction of sp³-hybridized carbons (Fsp3) is 0.625. The second kappa shape index (κ2) is 7.16. The Morgan fingerprint density at radius 2 is 2.16 bits per heavy atom. The molecule has 1 fully saturated rings. The monoisotopic (exact) mass is 280 g/mol. The number of benzene rings is 1. The average Bonchev–Trinajstić information content (AvgIpc) is 2.60. The van der Waals surface area contributed by atoms with E-state index in [1.165, 1.54) is 45.3 Å². The maximum atomic E-state index is 6.18. The van der Waals surface area contributed by atoms with E-state index < -0.39 is 0 Å². The Morgan fingerprint density at radius 1 is 1.32 bits per heavy atom. The van der Waals surface area contributed by atoms with Crippen molar-refractivity contribution in [1.29, 1.82) is 0 Å². The molecule has 0 bridgehead atoms. The Labute approximate surface area is 122 Å². The van der Waals surface area contributed by atoms with Crippen molar-refractivity contribution < 1.29 is 0 Å². The van der Waals surface area contributed by atoms with Crippen LogP contribution in [-0.4, -0.2) is 30.6 Å². The summed E-state index contributed by atoms with van der Waals surface area (Å²) >= 11 is 6.18. The van der Waals surface area contributed by atoms with Gasteiger partial charge in [0.1, 0.15) is 0 Å². The van der Waals surface area contributed by atoms with Crippen LogP contribution < -0.4 is 5.32 Å². The average molecular weight is 281 g/mol. The molecule has 1 heterocycles. The molecule has 0 aromatic heterocycles. The van der Waals surface area contributed by atoms with Gasteiger partial charge in [0.25, 0.3) is 0 Å². The van der Waals surface area contributed by atoms with Gasteiger partial charge in [-0.2, -0.15) is 0 Å². The molecular formula is C16H25ClN2. The fourth-order valence-corrected chi connectivity index (χ4v) is 2.94. The van der Waals surface area contributed by atoms with Gasteiger partial charge in [0, 0.05) is 23.3 Å². The summed E-state index contributed by atoms with van der Waals surface area (Å²) in [4.78, 5) is 2.59. The van der Waals surface area contributed by atoms with Crippen molar-refractivity contribution in [2.75, 3.05) is 25.0 Å². The van der Waals surface area contributed by atoms with E-state index in [1.807, 2.05) is 13.0 Å². The predicted molar refractivity (Wildman–Crippen MR) is 84.2 cm³/mol. The first-order valence-electron chi connectivity index (χ1n) is 7.44. The lowest BCUT2D eigenvalue weighted by Gasteiger charge is -2.20. The smallest absolute Gasteiger partial charge is 0.0455 e. The minimum absolute atomic E-state index is 0.584. The van der Waals surface area contributed by atoms with Crippen molar-refractivity contribution in [1.82, 2.24) is 4.90 Å². The highest BCUT2D eigenvalue weighted by molar-refractivity contribution is 6.31. The first-order chi connectivity index (χ1) is 9.19. The van der Waals surface area contributed by atoms with E-state index >= 15 is 0 Å². The SMILES string of the molecule is CCCN1CCCC(Nc2ccc(C)c(Cl)c2)CC1. The van der Waals surface area contributed by atoms with Gasteiger partial charge in [0.15, 0.2) is 0 Å². The van der Waals surface area contributed by atoms with Crippen LogP contribution in [0, 0.1) is 6.92 Å². The van der Waals surface area contributed by atoms with E-state index in [-0.39, 0.29) is 0 Å². The van der Waals surface area contributed by atoms with Gasteiger partial charge < -0.3 is 10.2 Å². The van der Waals surface area contributed by atoms with Gasteiger partial charge in [-0.15, -0.1) is 0 Å². The third-order valence-corrected chi connectivity index (χ3v) is 4.31. The van der Waals surface area contributed by atoms with Gasteiger partial charge >= 0.3 is 0 Å². The number of aryl methyl sites for hydroxylation is 1. The Hall–Kier alpha value is -0.730. The molecule has 0 radical (unpaired) electrons. The number of likely N-dealkylation sites (tertiary alicyclic amines) is 1. The number of nitrogens with one attached hydrogen (secondary N) is 1. The van der Waals surface area contributed by atoms with Crippen molar-refractivity contribution in [3.8, 4) is 0 Å². The molecule has 1 aliphatic rings. The second-order valence-corrected chi connectivity index (χ2v) is 5.98. The van der Waals surface area contributed by atoms with Gasteiger partial charge in [0.2, 0.25) is 0 Å². The van der Waals surface area contributed by atoms with E-state index in [0.717, 1.165) is 16.3 Å². The molecule has 1 aromatic carbocycles. The van der Waals surface area contributed by atoms with Crippen molar-refractivity contribution >= 4 is 17.3 Å². The highest BCUT2D eigenvalue weighted by Gasteiger charge is 2.16. The molecule has 1 unspecified atom stereocenters. The molecule has 1 aliphatic heterocycles. The highest BCUT2D eigenvalue weighted by Crippen LogP contribution is 2.22. The van der Waals surface area contributed by atoms with E-state index in [1.54, 1.807) is 0 Å². The summed E-state index contributed by atoms with van der Waals surface area (Å²) in [6, 6.07) is 6.85. The summed E-state index contributed by atoms with van der Waals surface area (Å²) in [6.45, 7) is 8.00. The van der Waals surface area contributed by atoms with Crippen LogP contribution in [0.5, 0.6) is 0 Å². The molecule has 3 heteroatoms. The van der Waals surface area contributed by atoms with Crippen LogP contribution in [0.15, 0.2) is 18.2 Å². The van der Waals surface area contributed by atoms with Gasteiger partial charge in [0.05, 0.1) is 0 Å². The number of hydrogen-bond donors (Lipinski definition) is 1. The van der Waals surface area contributed by atoms with Crippen molar-refractivity contribution in [2.24, 2.45) is 0 Å². The Balaban J connectivity index is 1.90. The largest absolute Gasteiger partial charge is 0.382 e. The maximum absolute atomic E-state index is 6.18. The molecule has 19 heavy (non-hydrogen) atoms. The summed E-state index contributed by atoms with van der Waals surface area (Å²) in [7, 11) is 0. The molecule has 2 rings (SSSR count). The van der Waals surface area contributed by atoms with E-state index in [4.69, 9.17) is 11.6 Å². The number of halogens is 1. The molecule has 106 valence electrons. The van der Waals surface area contributed by atoms with Crippen molar-refractivity contribution in [3.63, 3.8) is 0 Å². The summed E-state index contributed by atoms with van der Waals surface area (Å²) in [5.74, 6) is 0. The summed E-state index contributed by atoms with van der Waals surface area (Å²) in [5, 5.41) is 4.49. The van der Waals surface area contributed by atoms with E-state index in [0.29, 0.717) is 6.04 Å². The van der Waals surface area contributed by atoms with E-state index in [9.17, 15) is 0 Å². The first kappa shape index (κ1) is 14.7. The third kappa shape index (κ3) is 4.39. The number of nitrogens with zero attached hydrogens (tertiary/aromatic N) is 1. The molecule has 0 amide bonds. The lowest BCUT2D eigenvalue weighted by atomic mass is 10.1. The quantitative estimate of drug-likeness (QED) is 0.883. The van der Waals surface area contributed by atoms with Crippen LogP contribution in [0.3, 0.4) is 0 Å². The van der Waals surface area contributed by atoms with Crippen LogP contribution >= 0.6 is 11.6 Å². The Kier molecular flexibility index (Phi) is 5.53. The van der Waals surface area contributed by atoms with Crippen LogP contribution in [0.1, 0.15) is 38.2 Å². The fourth-order valence-electron chi connectivity index (χ4n) is 2.76. The summed E-state index contributed by atoms with van der Waals surface area (Å²) < 4.78 is 0. The van der Waals surface area contributed by atoms with Crippen LogP contribution in [-0.2, 0) is 0 Å². The number of hydrogen-bond acceptors (Lipinski definition) is 2. The number of anilines is 1. The second-order valence-electron chi connectivity index (χ2n) is 5.58. The highest BCUT2D eigenvalue weighted by atomic mass is 35.5. The van der Waals surface area contributed by atoms with Gasteiger partial charge in [-0.05, 0) is 63.4 Å². The maximum Gasteiger partial charge on any atom is 0.0455 e. The summed E-state index contributed by atoms with van der Waals surface area (Å²) in [5.41, 5.74) is 2.30. The molecule has 0 spiro atoms. The standard InChI is InChI=1S/C16H25ClN2/c1-3-9-19-10-4-5-14(8-11-19)18-15-7-6-13(2)16(17)12-15/h6-7,12,14,18H,3-5,8-11H2,1-2H3. The van der Waals surface area contributed by atoms with Gasteiger partial charge in [-0.3, -0.25) is 0 Å². The Bertz CT molecular complexity index is 406. The molecule has 1 N–H and O–H groups in total. The molecule has 0 saturated carbocycles.